The van der Waals surface area contributed by atoms with Crippen LogP contribution in [-0.4, -0.2) is 34.0 Å². The summed E-state index contributed by atoms with van der Waals surface area (Å²) in [5.41, 5.74) is 0.0236. The van der Waals surface area contributed by atoms with Crippen molar-refractivity contribution in [1.82, 2.24) is 10.2 Å². The molecule has 2 aromatic rings. The number of hydrogen-bond acceptors (Lipinski definition) is 3. The van der Waals surface area contributed by atoms with Gasteiger partial charge in [-0.2, -0.15) is 13.2 Å². The Bertz CT molecular complexity index is 1120. The van der Waals surface area contributed by atoms with Crippen LogP contribution in [0.4, 0.5) is 13.2 Å². The van der Waals surface area contributed by atoms with Crippen LogP contribution < -0.4 is 5.32 Å². The first-order chi connectivity index (χ1) is 17.9. The molecule has 1 saturated heterocycles. The Morgan fingerprint density at radius 1 is 0.974 bits per heavy atom. The molecule has 4 atom stereocenters. The van der Waals surface area contributed by atoms with Crippen molar-refractivity contribution in [3.05, 3.63) is 71.3 Å². The Balaban J connectivity index is 1.77. The second-order valence-electron chi connectivity index (χ2n) is 11.7. The summed E-state index contributed by atoms with van der Waals surface area (Å²) in [6.45, 7) is 6.00. The van der Waals surface area contributed by atoms with Gasteiger partial charge in [0.05, 0.1) is 11.6 Å². The molecule has 2 aromatic carbocycles. The minimum absolute atomic E-state index is 0.113. The van der Waals surface area contributed by atoms with Gasteiger partial charge in [0.15, 0.2) is 0 Å². The van der Waals surface area contributed by atoms with Crippen LogP contribution in [0.3, 0.4) is 0 Å². The van der Waals surface area contributed by atoms with Gasteiger partial charge in [0, 0.05) is 24.4 Å². The molecule has 38 heavy (non-hydrogen) atoms. The molecule has 1 saturated carbocycles. The highest BCUT2D eigenvalue weighted by Gasteiger charge is 2.58. The second kappa shape index (κ2) is 11.1. The van der Waals surface area contributed by atoms with E-state index >= 15 is 0 Å². The molecule has 0 radical (unpaired) electrons. The molecule has 4 rings (SSSR count). The number of nitrogens with one attached hydrogen (secondary N) is 1. The van der Waals surface area contributed by atoms with E-state index in [1.807, 2.05) is 51.1 Å². The second-order valence-corrected chi connectivity index (χ2v) is 11.7. The Labute approximate surface area is 222 Å². The van der Waals surface area contributed by atoms with Gasteiger partial charge in [0.2, 0.25) is 5.91 Å². The number of benzene rings is 2. The maximum absolute atomic E-state index is 14.1. The Morgan fingerprint density at radius 2 is 1.63 bits per heavy atom. The third kappa shape index (κ3) is 5.90. The van der Waals surface area contributed by atoms with Crippen molar-refractivity contribution in [1.29, 1.82) is 0 Å². The average molecular weight is 531 g/mol. The summed E-state index contributed by atoms with van der Waals surface area (Å²) in [5.74, 6) is -1.90. The van der Waals surface area contributed by atoms with Crippen LogP contribution in [0.1, 0.15) is 75.6 Å². The van der Waals surface area contributed by atoms with Crippen molar-refractivity contribution in [2.75, 3.05) is 0 Å². The quantitative estimate of drug-likeness (QED) is 0.451. The van der Waals surface area contributed by atoms with E-state index in [0.29, 0.717) is 5.56 Å². The molecule has 0 aromatic heterocycles. The van der Waals surface area contributed by atoms with Gasteiger partial charge in [-0.1, -0.05) is 88.6 Å². The molecular formula is C30H37F3N2O3. The standard InChI is InChI=1S/C30H37F3N2O3/c1-29(2,3)23-24(34-18-19-11-10-16-22(17-19)30(31,32)33)25(20-12-6-4-7-13-20)35(26(23)28(37)38)27(36)21-14-8-5-9-15-21/h4,6-7,10-13,16-17,21,23-26,34H,5,8-9,14-15,18H2,1-3H3,(H,37,38)/t23-,24-,25-,26-/m0/s1. The molecule has 2 N–H and O–H groups in total. The van der Waals surface area contributed by atoms with E-state index in [-0.39, 0.29) is 18.4 Å². The first kappa shape index (κ1) is 28.1. The van der Waals surface area contributed by atoms with Gasteiger partial charge in [-0.15, -0.1) is 0 Å². The summed E-state index contributed by atoms with van der Waals surface area (Å²) in [5, 5.41) is 13.9. The van der Waals surface area contributed by atoms with Crippen LogP contribution in [0.25, 0.3) is 0 Å². The Hall–Kier alpha value is -2.87. The summed E-state index contributed by atoms with van der Waals surface area (Å²) in [7, 11) is 0. The smallest absolute Gasteiger partial charge is 0.416 e. The van der Waals surface area contributed by atoms with Crippen LogP contribution in [0.2, 0.25) is 0 Å². The number of halogens is 3. The van der Waals surface area contributed by atoms with E-state index < -0.39 is 47.2 Å². The van der Waals surface area contributed by atoms with E-state index in [0.717, 1.165) is 49.8 Å². The van der Waals surface area contributed by atoms with Crippen molar-refractivity contribution >= 4 is 11.9 Å². The highest BCUT2D eigenvalue weighted by atomic mass is 19.4. The predicted molar refractivity (Wildman–Crippen MR) is 139 cm³/mol. The molecule has 5 nitrogen and oxygen atoms in total. The normalized spacial score (nSPS) is 24.9. The number of carboxylic acids is 1. The maximum atomic E-state index is 14.1. The number of hydrogen-bond donors (Lipinski definition) is 2. The van der Waals surface area contributed by atoms with Crippen molar-refractivity contribution in [2.24, 2.45) is 17.3 Å². The lowest BCUT2D eigenvalue weighted by Crippen LogP contribution is -2.49. The molecule has 1 aliphatic carbocycles. The minimum Gasteiger partial charge on any atom is -0.480 e. The highest BCUT2D eigenvalue weighted by Crippen LogP contribution is 2.49. The van der Waals surface area contributed by atoms with Gasteiger partial charge in [-0.25, -0.2) is 4.79 Å². The number of likely N-dealkylation sites (tertiary alicyclic amines) is 1. The van der Waals surface area contributed by atoms with Gasteiger partial charge in [0.1, 0.15) is 6.04 Å². The molecule has 2 fully saturated rings. The third-order valence-electron chi connectivity index (χ3n) is 8.07. The number of aliphatic carboxylic acids is 1. The highest BCUT2D eigenvalue weighted by molar-refractivity contribution is 5.87. The molecule has 0 unspecified atom stereocenters. The third-order valence-corrected chi connectivity index (χ3v) is 8.07. The summed E-state index contributed by atoms with van der Waals surface area (Å²) in [6.07, 6.45) is -0.0191. The van der Waals surface area contributed by atoms with Crippen LogP contribution in [0, 0.1) is 17.3 Å². The SMILES string of the molecule is CC(C)(C)[C@H]1[C@H](NCc2cccc(C(F)(F)F)c2)[C@H](c2ccccc2)N(C(=O)C2CCCCC2)[C@@H]1C(=O)O. The number of carbonyl (C=O) groups is 2. The summed E-state index contributed by atoms with van der Waals surface area (Å²) in [6, 6.07) is 12.4. The summed E-state index contributed by atoms with van der Waals surface area (Å²) < 4.78 is 40.0. The fraction of sp³-hybridized carbons (Fsp3) is 0.533. The van der Waals surface area contributed by atoms with Gasteiger partial charge in [0.25, 0.3) is 0 Å². The van der Waals surface area contributed by atoms with E-state index in [1.165, 1.54) is 6.07 Å². The van der Waals surface area contributed by atoms with Crippen molar-refractivity contribution in [3.63, 3.8) is 0 Å². The first-order valence-corrected chi connectivity index (χ1v) is 13.4. The zero-order valence-electron chi connectivity index (χ0n) is 22.2. The number of amides is 1. The summed E-state index contributed by atoms with van der Waals surface area (Å²) in [4.78, 5) is 28.5. The maximum Gasteiger partial charge on any atom is 0.416 e. The van der Waals surface area contributed by atoms with E-state index in [2.05, 4.69) is 5.32 Å². The number of carboxylic acid groups (broad SMARTS) is 1. The minimum atomic E-state index is -4.46. The largest absolute Gasteiger partial charge is 0.480 e. The number of carbonyl (C=O) groups excluding carboxylic acids is 1. The Kier molecular flexibility index (Phi) is 8.21. The first-order valence-electron chi connectivity index (χ1n) is 13.4. The molecule has 1 amide bonds. The fourth-order valence-corrected chi connectivity index (χ4v) is 6.38. The Morgan fingerprint density at radius 3 is 2.21 bits per heavy atom. The molecule has 8 heteroatoms. The van der Waals surface area contributed by atoms with Crippen LogP contribution >= 0.6 is 0 Å². The number of rotatable bonds is 6. The predicted octanol–water partition coefficient (Wildman–Crippen LogP) is 6.44. The topological polar surface area (TPSA) is 69.6 Å². The van der Waals surface area contributed by atoms with E-state index in [9.17, 15) is 27.9 Å². The molecule has 1 aliphatic heterocycles. The van der Waals surface area contributed by atoms with E-state index in [1.54, 1.807) is 11.0 Å². The van der Waals surface area contributed by atoms with Crippen LogP contribution in [-0.2, 0) is 22.3 Å². The molecule has 206 valence electrons. The van der Waals surface area contributed by atoms with Gasteiger partial charge < -0.3 is 15.3 Å². The monoisotopic (exact) mass is 530 g/mol. The lowest BCUT2D eigenvalue weighted by atomic mass is 9.72. The lowest BCUT2D eigenvalue weighted by Gasteiger charge is -2.36. The summed E-state index contributed by atoms with van der Waals surface area (Å²) >= 11 is 0. The average Bonchev–Trinajstić information content (AvgIpc) is 3.24. The van der Waals surface area contributed by atoms with Gasteiger partial charge in [-0.3, -0.25) is 4.79 Å². The fourth-order valence-electron chi connectivity index (χ4n) is 6.38. The van der Waals surface area contributed by atoms with Crippen LogP contribution in [0.5, 0.6) is 0 Å². The zero-order chi connectivity index (χ0) is 27.7. The number of alkyl halides is 3. The van der Waals surface area contributed by atoms with E-state index in [4.69, 9.17) is 0 Å². The number of nitrogens with zero attached hydrogens (tertiary/aromatic N) is 1. The van der Waals surface area contributed by atoms with Crippen molar-refractivity contribution < 1.29 is 27.9 Å². The van der Waals surface area contributed by atoms with Crippen LogP contribution in [0.15, 0.2) is 54.6 Å². The molecule has 0 bridgehead atoms. The van der Waals surface area contributed by atoms with Crippen molar-refractivity contribution in [3.8, 4) is 0 Å². The molecule has 1 heterocycles. The molecule has 0 spiro atoms. The molecule has 2 aliphatic rings. The zero-order valence-corrected chi connectivity index (χ0v) is 22.2. The van der Waals surface area contributed by atoms with Crippen molar-refractivity contribution in [2.45, 2.75) is 83.7 Å². The molecular weight excluding hydrogens is 493 g/mol. The van der Waals surface area contributed by atoms with Gasteiger partial charge in [-0.05, 0) is 35.4 Å². The lowest BCUT2D eigenvalue weighted by molar-refractivity contribution is -0.154. The van der Waals surface area contributed by atoms with Gasteiger partial charge >= 0.3 is 12.1 Å².